The smallest absolute Gasteiger partial charge is 0.407 e. The first kappa shape index (κ1) is 44.2. The maximum absolute atomic E-state index is 12.7. The zero-order chi connectivity index (χ0) is 40.9. The maximum atomic E-state index is 12.7. The number of benzene rings is 1. The van der Waals surface area contributed by atoms with Crippen LogP contribution < -0.4 is 10.6 Å². The fraction of sp³-hybridized carbons (Fsp3) is 0.297. The molecule has 0 bridgehead atoms. The van der Waals surface area contributed by atoms with E-state index in [0.29, 0.717) is 11.1 Å². The summed E-state index contributed by atoms with van der Waals surface area (Å²) in [4.78, 5) is 96.0. The van der Waals surface area contributed by atoms with Crippen LogP contribution in [0.1, 0.15) is 11.1 Å². The molecule has 1 aliphatic rings. The number of amides is 2. The van der Waals surface area contributed by atoms with Gasteiger partial charge in [-0.3, -0.25) is 0 Å². The lowest BCUT2D eigenvalue weighted by Gasteiger charge is -2.35. The number of carbonyl (C=O) groups excluding carboxylic acids is 8. The summed E-state index contributed by atoms with van der Waals surface area (Å²) in [5.74, 6) is -4.96. The quantitative estimate of drug-likeness (QED) is 0.0871. The van der Waals surface area contributed by atoms with Crippen molar-refractivity contribution in [2.24, 2.45) is 10.8 Å². The Morgan fingerprint density at radius 1 is 0.564 bits per heavy atom. The van der Waals surface area contributed by atoms with Crippen LogP contribution in [0.5, 0.6) is 0 Å². The monoisotopic (exact) mass is 768 g/mol. The Balaban J connectivity index is 2.05. The van der Waals surface area contributed by atoms with Crippen molar-refractivity contribution >= 4 is 48.0 Å². The number of carbonyl (C=O) groups is 8. The van der Waals surface area contributed by atoms with Gasteiger partial charge < -0.3 is 48.5 Å². The molecule has 1 heterocycles. The number of rotatable bonds is 24. The number of ether oxygens (including phenoxy) is 8. The minimum Gasteiger partial charge on any atom is -0.462 e. The summed E-state index contributed by atoms with van der Waals surface area (Å²) in [6, 6.07) is 6.63. The fourth-order valence-electron chi connectivity index (χ4n) is 4.17. The lowest BCUT2D eigenvalue weighted by molar-refractivity contribution is -0.160. The molecule has 0 unspecified atom stereocenters. The zero-order valence-electron chi connectivity index (χ0n) is 29.7. The highest BCUT2D eigenvalue weighted by atomic mass is 16.6. The highest BCUT2D eigenvalue weighted by Gasteiger charge is 2.46. The van der Waals surface area contributed by atoms with Gasteiger partial charge in [0, 0.05) is 43.5 Å². The number of cyclic esters (lactones) is 1. The van der Waals surface area contributed by atoms with Crippen LogP contribution in [-0.4, -0.2) is 94.3 Å². The fourth-order valence-corrected chi connectivity index (χ4v) is 4.17. The molecule has 2 rings (SSSR count). The van der Waals surface area contributed by atoms with E-state index in [1.807, 2.05) is 0 Å². The molecule has 0 spiro atoms. The average molecular weight is 769 g/mol. The van der Waals surface area contributed by atoms with Gasteiger partial charge in [0.1, 0.15) is 62.8 Å². The van der Waals surface area contributed by atoms with E-state index in [1.54, 1.807) is 24.3 Å². The molecule has 1 aliphatic heterocycles. The maximum Gasteiger partial charge on any atom is 0.407 e. The summed E-state index contributed by atoms with van der Waals surface area (Å²) in [5, 5.41) is 5.07. The number of esters is 6. The predicted molar refractivity (Wildman–Crippen MR) is 188 cm³/mol. The molecule has 18 heteroatoms. The zero-order valence-corrected chi connectivity index (χ0v) is 29.7. The second-order valence-corrected chi connectivity index (χ2v) is 11.4. The molecule has 1 aromatic carbocycles. The van der Waals surface area contributed by atoms with Crippen molar-refractivity contribution in [2.75, 3.05) is 46.2 Å². The van der Waals surface area contributed by atoms with E-state index >= 15 is 0 Å². The van der Waals surface area contributed by atoms with Gasteiger partial charge in [0.15, 0.2) is 0 Å². The summed E-state index contributed by atoms with van der Waals surface area (Å²) in [6.07, 6.45) is 3.61. The Kier molecular flexibility index (Phi) is 17.8. The van der Waals surface area contributed by atoms with Crippen LogP contribution in [0.3, 0.4) is 0 Å². The Morgan fingerprint density at radius 2 is 0.891 bits per heavy atom. The minimum absolute atomic E-state index is 0.0492. The van der Waals surface area contributed by atoms with Crippen LogP contribution in [0.4, 0.5) is 9.59 Å². The number of hydrogen-bond acceptors (Lipinski definition) is 16. The topological polar surface area (TPSA) is 234 Å². The molecular weight excluding hydrogens is 728 g/mol. The van der Waals surface area contributed by atoms with Crippen molar-refractivity contribution in [2.45, 2.75) is 13.1 Å². The third-order valence-corrected chi connectivity index (χ3v) is 7.21. The Hall–Kier alpha value is -6.98. The van der Waals surface area contributed by atoms with E-state index in [0.717, 1.165) is 36.5 Å². The SMILES string of the molecule is C=CC(=O)OCC(COC(=O)C=C)(COC(=O)C=C)COC(=O)NCc1cccc(CNC(=O)OCC(COC(=O)C=C)(COC(=O)C=C)C2=CC(=O)O2)c1. The van der Waals surface area contributed by atoms with E-state index < -0.39 is 105 Å². The second-order valence-electron chi connectivity index (χ2n) is 11.4. The first-order valence-electron chi connectivity index (χ1n) is 16.0. The molecule has 2 N–H and O–H groups in total. The van der Waals surface area contributed by atoms with E-state index in [-0.39, 0.29) is 18.8 Å². The van der Waals surface area contributed by atoms with Gasteiger partial charge in [0.05, 0.1) is 6.08 Å². The normalized spacial score (nSPS) is 11.6. The van der Waals surface area contributed by atoms with Crippen LogP contribution in [0, 0.1) is 10.8 Å². The van der Waals surface area contributed by atoms with Gasteiger partial charge in [-0.25, -0.2) is 38.4 Å². The molecule has 0 fully saturated rings. The summed E-state index contributed by atoms with van der Waals surface area (Å²) in [6.45, 7) is 12.8. The summed E-state index contributed by atoms with van der Waals surface area (Å²) >= 11 is 0. The van der Waals surface area contributed by atoms with Crippen molar-refractivity contribution in [1.29, 1.82) is 0 Å². The standard InChI is InChI=1S/C37H40N2O16/c1-6-28(40)48-18-36(19-49-29(41)7-2,20-50-30(42)8-3)21-53-34(46)38-16-25-12-11-13-26(14-25)17-39-35(47)54-24-37(22-51-31(43)9-4,23-52-32(44)10-5)27-15-33(45)55-27/h6-15H,1-5,16-24H2,(H,38,46)(H,39,47). The third-order valence-electron chi connectivity index (χ3n) is 7.21. The van der Waals surface area contributed by atoms with Crippen LogP contribution in [0.2, 0.25) is 0 Å². The summed E-state index contributed by atoms with van der Waals surface area (Å²) in [5.41, 5.74) is -1.97. The van der Waals surface area contributed by atoms with Gasteiger partial charge in [-0.05, 0) is 11.1 Å². The van der Waals surface area contributed by atoms with Crippen LogP contribution >= 0.6 is 0 Å². The van der Waals surface area contributed by atoms with E-state index in [9.17, 15) is 38.4 Å². The molecule has 1 aromatic rings. The minimum atomic E-state index is -1.58. The summed E-state index contributed by atoms with van der Waals surface area (Å²) in [7, 11) is 0. The first-order valence-corrected chi connectivity index (χ1v) is 16.0. The highest BCUT2D eigenvalue weighted by molar-refractivity contribution is 5.89. The number of nitrogens with one attached hydrogen (secondary N) is 2. The molecule has 0 aliphatic carbocycles. The molecule has 0 radical (unpaired) electrons. The molecule has 2 amide bonds. The molecule has 0 atom stereocenters. The van der Waals surface area contributed by atoms with Crippen LogP contribution in [-0.2, 0) is 79.8 Å². The van der Waals surface area contributed by atoms with Crippen molar-refractivity contribution < 1.29 is 76.3 Å². The van der Waals surface area contributed by atoms with Gasteiger partial charge in [0.2, 0.25) is 0 Å². The molecule has 294 valence electrons. The third kappa shape index (κ3) is 15.3. The molecule has 0 saturated heterocycles. The summed E-state index contributed by atoms with van der Waals surface area (Å²) < 4.78 is 41.2. The van der Waals surface area contributed by atoms with Gasteiger partial charge in [-0.1, -0.05) is 57.2 Å². The Bertz CT molecular complexity index is 1630. The molecule has 0 saturated carbocycles. The second kappa shape index (κ2) is 22.2. The van der Waals surface area contributed by atoms with Crippen LogP contribution in [0.25, 0.3) is 0 Å². The lowest BCUT2D eigenvalue weighted by atomic mass is 9.86. The lowest BCUT2D eigenvalue weighted by Crippen LogP contribution is -2.45. The highest BCUT2D eigenvalue weighted by Crippen LogP contribution is 2.35. The Labute approximate surface area is 315 Å². The van der Waals surface area contributed by atoms with Gasteiger partial charge in [0.25, 0.3) is 0 Å². The largest absolute Gasteiger partial charge is 0.462 e. The predicted octanol–water partition coefficient (Wildman–Crippen LogP) is 2.20. The van der Waals surface area contributed by atoms with Crippen molar-refractivity contribution in [3.05, 3.63) is 111 Å². The molecule has 55 heavy (non-hydrogen) atoms. The van der Waals surface area contributed by atoms with E-state index in [4.69, 9.17) is 37.9 Å². The van der Waals surface area contributed by atoms with Gasteiger partial charge in [-0.15, -0.1) is 0 Å². The van der Waals surface area contributed by atoms with Gasteiger partial charge >= 0.3 is 48.0 Å². The van der Waals surface area contributed by atoms with Crippen molar-refractivity contribution in [1.82, 2.24) is 10.6 Å². The van der Waals surface area contributed by atoms with E-state index in [1.165, 1.54) is 0 Å². The van der Waals surface area contributed by atoms with Crippen LogP contribution in [0.15, 0.2) is 99.4 Å². The average Bonchev–Trinajstić information content (AvgIpc) is 3.19. The first-order chi connectivity index (χ1) is 26.2. The van der Waals surface area contributed by atoms with Crippen molar-refractivity contribution in [3.8, 4) is 0 Å². The molecule has 0 aromatic heterocycles. The number of alkyl carbamates (subject to hydrolysis) is 2. The number of hydrogen-bond donors (Lipinski definition) is 2. The van der Waals surface area contributed by atoms with E-state index in [2.05, 4.69) is 43.5 Å². The molecular formula is C37H40N2O16. The van der Waals surface area contributed by atoms with Gasteiger partial charge in [-0.2, -0.15) is 0 Å². The Morgan fingerprint density at radius 3 is 1.25 bits per heavy atom. The van der Waals surface area contributed by atoms with Crippen molar-refractivity contribution in [3.63, 3.8) is 0 Å². The molecule has 18 nitrogen and oxygen atoms in total.